The molecule has 2 nitrogen and oxygen atoms in total. The van der Waals surface area contributed by atoms with Crippen molar-refractivity contribution in [1.82, 2.24) is 0 Å². The number of thiol groups is 1. The molecule has 0 spiro atoms. The van der Waals surface area contributed by atoms with Crippen molar-refractivity contribution in [2.75, 3.05) is 5.75 Å². The number of aliphatic hydroxyl groups is 1. The normalized spacial score (nSPS) is 12.7. The first-order valence-corrected chi connectivity index (χ1v) is 3.66. The van der Waals surface area contributed by atoms with E-state index in [9.17, 15) is 0 Å². The zero-order valence-electron chi connectivity index (χ0n) is 4.57. The van der Waals surface area contributed by atoms with Crippen LogP contribution in [0.25, 0.3) is 0 Å². The second kappa shape index (κ2) is 4.16. The summed E-state index contributed by atoms with van der Waals surface area (Å²) in [5.74, 6) is 0.372. The highest BCUT2D eigenvalue weighted by molar-refractivity contribution is 7.86. The van der Waals surface area contributed by atoms with Gasteiger partial charge in [0.1, 0.15) is 6.04 Å². The van der Waals surface area contributed by atoms with Crippen LogP contribution < -0.4 is 5.73 Å². The molecule has 3 N–H and O–H groups in total. The number of hydrogen-bond acceptors (Lipinski definition) is 4. The fraction of sp³-hybridized carbons (Fsp3) is 0.500. The molecule has 0 aliphatic carbocycles. The van der Waals surface area contributed by atoms with Crippen molar-refractivity contribution in [2.24, 2.45) is 5.73 Å². The molecule has 0 rings (SSSR count). The van der Waals surface area contributed by atoms with E-state index in [1.54, 1.807) is 0 Å². The first-order chi connectivity index (χ1) is 4.09. The van der Waals surface area contributed by atoms with Crippen LogP contribution in [0.3, 0.4) is 0 Å². The van der Waals surface area contributed by atoms with Gasteiger partial charge in [-0.1, -0.05) is 12.2 Å². The van der Waals surface area contributed by atoms with E-state index in [-0.39, 0.29) is 5.05 Å². The zero-order valence-corrected chi connectivity index (χ0v) is 7.10. The van der Waals surface area contributed by atoms with Gasteiger partial charge in [-0.15, -0.1) is 0 Å². The second-order valence-corrected chi connectivity index (χ2v) is 2.70. The fourth-order valence-electron chi connectivity index (χ4n) is 0.236. The Labute approximate surface area is 69.8 Å². The van der Waals surface area contributed by atoms with E-state index in [2.05, 4.69) is 24.8 Å². The van der Waals surface area contributed by atoms with Gasteiger partial charge in [0.05, 0.1) is 0 Å². The van der Waals surface area contributed by atoms with Crippen LogP contribution in [-0.2, 0) is 0 Å². The summed E-state index contributed by atoms with van der Waals surface area (Å²) in [5.41, 5.74) is 5.29. The lowest BCUT2D eigenvalue weighted by Gasteiger charge is -2.06. The lowest BCUT2D eigenvalue weighted by Crippen LogP contribution is -2.37. The highest BCUT2D eigenvalue weighted by atomic mass is 32.1. The molecule has 0 aliphatic heterocycles. The Morgan fingerprint density at radius 3 is 2.22 bits per heavy atom. The van der Waals surface area contributed by atoms with Crippen molar-refractivity contribution >= 4 is 47.0 Å². The summed E-state index contributed by atoms with van der Waals surface area (Å²) in [7, 11) is 0. The average molecular weight is 181 g/mol. The summed E-state index contributed by atoms with van der Waals surface area (Å²) in [5, 5.41) is 8.34. The van der Waals surface area contributed by atoms with Crippen LogP contribution in [0.4, 0.5) is 0 Å². The Kier molecular flexibility index (Phi) is 4.29. The second-order valence-electron chi connectivity index (χ2n) is 1.44. The molecule has 9 heavy (non-hydrogen) atoms. The molecule has 0 saturated carbocycles. The van der Waals surface area contributed by atoms with Gasteiger partial charge in [0.25, 0.3) is 0 Å². The SMILES string of the molecule is NC(C(O)=S)C(=S)CS. The summed E-state index contributed by atoms with van der Waals surface area (Å²) in [6, 6.07) is -0.674. The molecule has 0 heterocycles. The average Bonchev–Trinajstić information content (AvgIpc) is 1.84. The largest absolute Gasteiger partial charge is 0.501 e. The molecule has 1 unspecified atom stereocenters. The Morgan fingerprint density at radius 2 is 2.11 bits per heavy atom. The summed E-state index contributed by atoms with van der Waals surface area (Å²) in [6.07, 6.45) is 0. The summed E-state index contributed by atoms with van der Waals surface area (Å²) < 4.78 is 0. The standard InChI is InChI=1S/C4H7NOS3/c5-3(4(6)9)2(8)1-7/h3,7H,1,5H2,(H,6,9). The summed E-state index contributed by atoms with van der Waals surface area (Å²) >= 11 is 12.9. The van der Waals surface area contributed by atoms with Gasteiger partial charge >= 0.3 is 0 Å². The number of thiocarbonyl (C=S) groups is 2. The van der Waals surface area contributed by atoms with Crippen LogP contribution in [0.5, 0.6) is 0 Å². The van der Waals surface area contributed by atoms with Crippen molar-refractivity contribution in [3.63, 3.8) is 0 Å². The molecule has 0 amide bonds. The smallest absolute Gasteiger partial charge is 0.179 e. The van der Waals surface area contributed by atoms with Crippen molar-refractivity contribution in [3.05, 3.63) is 0 Å². The van der Waals surface area contributed by atoms with Gasteiger partial charge in [0, 0.05) is 10.6 Å². The van der Waals surface area contributed by atoms with Crippen molar-refractivity contribution in [2.45, 2.75) is 6.04 Å². The fourth-order valence-corrected chi connectivity index (χ4v) is 0.761. The van der Waals surface area contributed by atoms with E-state index in [1.165, 1.54) is 0 Å². The lowest BCUT2D eigenvalue weighted by molar-refractivity contribution is 0.549. The third-order valence-electron chi connectivity index (χ3n) is 0.769. The lowest BCUT2D eigenvalue weighted by atomic mass is 10.2. The third-order valence-corrected chi connectivity index (χ3v) is 1.98. The molecule has 0 aromatic carbocycles. The van der Waals surface area contributed by atoms with Gasteiger partial charge in [0.15, 0.2) is 5.05 Å². The van der Waals surface area contributed by atoms with E-state index in [0.717, 1.165) is 0 Å². The third kappa shape index (κ3) is 3.10. The predicted octanol–water partition coefficient (Wildman–Crippen LogP) is 0.499. The molecule has 0 bridgehead atoms. The van der Waals surface area contributed by atoms with Gasteiger partial charge < -0.3 is 10.8 Å². The van der Waals surface area contributed by atoms with Gasteiger partial charge in [-0.25, -0.2) is 0 Å². The van der Waals surface area contributed by atoms with Crippen molar-refractivity contribution < 1.29 is 5.11 Å². The highest BCUT2D eigenvalue weighted by Crippen LogP contribution is 1.90. The van der Waals surface area contributed by atoms with Crippen molar-refractivity contribution in [3.8, 4) is 0 Å². The molecule has 0 radical (unpaired) electrons. The number of nitrogens with two attached hydrogens (primary N) is 1. The summed E-state index contributed by atoms with van der Waals surface area (Å²) in [6.45, 7) is 0. The molecular weight excluding hydrogens is 174 g/mol. The van der Waals surface area contributed by atoms with Gasteiger partial charge in [-0.3, -0.25) is 0 Å². The Balaban J connectivity index is 3.88. The molecule has 0 aliphatic rings. The molecule has 0 saturated heterocycles. The Morgan fingerprint density at radius 1 is 1.67 bits per heavy atom. The van der Waals surface area contributed by atoms with E-state index >= 15 is 0 Å². The highest BCUT2D eigenvalue weighted by Gasteiger charge is 2.10. The van der Waals surface area contributed by atoms with Crippen molar-refractivity contribution in [1.29, 1.82) is 0 Å². The minimum atomic E-state index is -0.674. The van der Waals surface area contributed by atoms with Crippen LogP contribution in [0.1, 0.15) is 0 Å². The first kappa shape index (κ1) is 9.29. The predicted molar refractivity (Wildman–Crippen MR) is 49.7 cm³/mol. The molecule has 0 aromatic rings. The first-order valence-electron chi connectivity index (χ1n) is 2.21. The molecular formula is C4H7NOS3. The molecule has 0 aromatic heterocycles. The van der Waals surface area contributed by atoms with Crippen LogP contribution >= 0.6 is 37.1 Å². The van der Waals surface area contributed by atoms with Gasteiger partial charge in [0.2, 0.25) is 0 Å². The van der Waals surface area contributed by atoms with Crippen LogP contribution in [0, 0.1) is 0 Å². The number of rotatable bonds is 3. The van der Waals surface area contributed by atoms with E-state index < -0.39 is 6.04 Å². The topological polar surface area (TPSA) is 46.2 Å². The maximum atomic E-state index is 8.61. The maximum Gasteiger partial charge on any atom is 0.179 e. The van der Waals surface area contributed by atoms with Gasteiger partial charge in [-0.2, -0.15) is 12.6 Å². The molecule has 1 atom stereocenters. The van der Waals surface area contributed by atoms with E-state index in [1.807, 2.05) is 0 Å². The van der Waals surface area contributed by atoms with Crippen LogP contribution in [0.2, 0.25) is 0 Å². The minimum absolute atomic E-state index is 0.269. The Hall–Kier alpha value is 0.290. The maximum absolute atomic E-state index is 8.61. The molecule has 5 heteroatoms. The molecule has 0 fully saturated rings. The number of hydrogen-bond donors (Lipinski definition) is 3. The monoisotopic (exact) mass is 181 g/mol. The van der Waals surface area contributed by atoms with E-state index in [0.29, 0.717) is 10.6 Å². The van der Waals surface area contributed by atoms with Crippen LogP contribution in [0.15, 0.2) is 0 Å². The van der Waals surface area contributed by atoms with E-state index in [4.69, 9.17) is 23.1 Å². The zero-order chi connectivity index (χ0) is 7.44. The van der Waals surface area contributed by atoms with Crippen LogP contribution in [-0.4, -0.2) is 26.8 Å². The summed E-state index contributed by atoms with van der Waals surface area (Å²) in [4.78, 5) is 0.464. The Bertz CT molecular complexity index is 136. The molecule has 52 valence electrons. The quantitative estimate of drug-likeness (QED) is 0.438. The van der Waals surface area contributed by atoms with Gasteiger partial charge in [-0.05, 0) is 12.2 Å². The number of aliphatic hydroxyl groups excluding tert-OH is 1. The minimum Gasteiger partial charge on any atom is -0.501 e.